The number of carbonyl (C=O) groups excluding carboxylic acids is 1. The number of rotatable bonds is 3. The van der Waals surface area contributed by atoms with Crippen LogP contribution in [-0.4, -0.2) is 27.3 Å². The summed E-state index contributed by atoms with van der Waals surface area (Å²) in [6, 6.07) is 9.66. The molecule has 1 aromatic carbocycles. The second-order valence-electron chi connectivity index (χ2n) is 6.53. The van der Waals surface area contributed by atoms with Gasteiger partial charge >= 0.3 is 0 Å². The Kier molecular flexibility index (Phi) is 3.48. The Labute approximate surface area is 150 Å². The molecule has 0 N–H and O–H groups in total. The molecule has 6 heteroatoms. The zero-order chi connectivity index (χ0) is 17.5. The molecular weight excluding hydrogens is 330 g/mol. The third kappa shape index (κ3) is 2.45. The van der Waals surface area contributed by atoms with Crippen LogP contribution in [-0.2, 0) is 13.0 Å². The van der Waals surface area contributed by atoms with Gasteiger partial charge in [0.15, 0.2) is 17.3 Å². The highest BCUT2D eigenvalue weighted by Gasteiger charge is 2.28. The van der Waals surface area contributed by atoms with Gasteiger partial charge in [-0.1, -0.05) is 0 Å². The first-order chi connectivity index (χ1) is 12.8. The van der Waals surface area contributed by atoms with Gasteiger partial charge in [0.1, 0.15) is 5.69 Å². The van der Waals surface area contributed by atoms with Crippen LogP contribution in [0.1, 0.15) is 34.5 Å². The van der Waals surface area contributed by atoms with Gasteiger partial charge in [0.05, 0.1) is 17.8 Å². The molecule has 0 atom stereocenters. The van der Waals surface area contributed by atoms with Gasteiger partial charge in [-0.25, -0.2) is 0 Å². The fraction of sp³-hybridized carbons (Fsp3) is 0.250. The number of hydrogen-bond acceptors (Lipinski definition) is 5. The van der Waals surface area contributed by atoms with Crippen LogP contribution in [0.2, 0.25) is 0 Å². The first kappa shape index (κ1) is 15.1. The standard InChI is InChI=1S/C20H17N3O3/c24-16-3-1-2-15-19(16)20(14-4-5-17-18(10-14)26-12-25-17)22-23(15)11-13-6-8-21-9-7-13/h4-10H,1-3,11-12H2. The Bertz CT molecular complexity index is 995. The zero-order valence-electron chi connectivity index (χ0n) is 14.1. The van der Waals surface area contributed by atoms with Gasteiger partial charge in [-0.15, -0.1) is 0 Å². The number of Topliss-reactive ketones (excluding diaryl/α,β-unsaturated/α-hetero) is 1. The molecule has 2 aliphatic rings. The minimum atomic E-state index is 0.167. The molecule has 0 spiro atoms. The molecule has 130 valence electrons. The predicted molar refractivity (Wildman–Crippen MR) is 94.4 cm³/mol. The highest BCUT2D eigenvalue weighted by Crippen LogP contribution is 2.38. The van der Waals surface area contributed by atoms with E-state index in [1.54, 1.807) is 12.4 Å². The van der Waals surface area contributed by atoms with E-state index in [9.17, 15) is 4.79 Å². The van der Waals surface area contributed by atoms with Gasteiger partial charge in [-0.3, -0.25) is 14.5 Å². The summed E-state index contributed by atoms with van der Waals surface area (Å²) in [6.45, 7) is 0.856. The normalized spacial score (nSPS) is 15.2. The van der Waals surface area contributed by atoms with E-state index in [1.807, 2.05) is 35.0 Å². The number of benzene rings is 1. The average molecular weight is 347 g/mol. The van der Waals surface area contributed by atoms with Crippen molar-refractivity contribution in [1.82, 2.24) is 14.8 Å². The van der Waals surface area contributed by atoms with Crippen LogP contribution in [0, 0.1) is 0 Å². The Hall–Kier alpha value is -3.15. The highest BCUT2D eigenvalue weighted by atomic mass is 16.7. The number of aromatic nitrogens is 3. The van der Waals surface area contributed by atoms with Crippen molar-refractivity contribution in [3.8, 4) is 22.8 Å². The second-order valence-corrected chi connectivity index (χ2v) is 6.53. The maximum Gasteiger partial charge on any atom is 0.231 e. The first-order valence-electron chi connectivity index (χ1n) is 8.71. The molecule has 0 unspecified atom stereocenters. The molecule has 6 nitrogen and oxygen atoms in total. The van der Waals surface area contributed by atoms with Crippen molar-refractivity contribution in [1.29, 1.82) is 0 Å². The Balaban J connectivity index is 1.62. The summed E-state index contributed by atoms with van der Waals surface area (Å²) in [7, 11) is 0. The molecule has 3 aromatic rings. The van der Waals surface area contributed by atoms with Crippen molar-refractivity contribution >= 4 is 5.78 Å². The molecule has 26 heavy (non-hydrogen) atoms. The minimum absolute atomic E-state index is 0.167. The summed E-state index contributed by atoms with van der Waals surface area (Å²) in [5.41, 5.74) is 4.50. The Morgan fingerprint density at radius 2 is 1.88 bits per heavy atom. The number of carbonyl (C=O) groups is 1. The lowest BCUT2D eigenvalue weighted by Crippen LogP contribution is -2.14. The molecule has 3 heterocycles. The maximum atomic E-state index is 12.7. The van der Waals surface area contributed by atoms with Gasteiger partial charge in [0, 0.05) is 24.4 Å². The lowest BCUT2D eigenvalue weighted by atomic mass is 9.92. The fourth-order valence-electron chi connectivity index (χ4n) is 3.62. The van der Waals surface area contributed by atoms with Gasteiger partial charge in [-0.2, -0.15) is 5.10 Å². The maximum absolute atomic E-state index is 12.7. The van der Waals surface area contributed by atoms with Crippen LogP contribution >= 0.6 is 0 Å². The topological polar surface area (TPSA) is 66.2 Å². The number of ether oxygens (including phenoxy) is 2. The van der Waals surface area contributed by atoms with Crippen molar-refractivity contribution in [2.75, 3.05) is 6.79 Å². The van der Waals surface area contributed by atoms with Crippen LogP contribution in [0.25, 0.3) is 11.3 Å². The van der Waals surface area contributed by atoms with Crippen LogP contribution in [0.5, 0.6) is 11.5 Å². The SMILES string of the molecule is O=C1CCCc2c1c(-c1ccc3c(c1)OCO3)nn2Cc1ccncc1. The van der Waals surface area contributed by atoms with Crippen LogP contribution < -0.4 is 9.47 Å². The molecule has 0 amide bonds. The summed E-state index contributed by atoms with van der Waals surface area (Å²) in [5.74, 6) is 1.59. The molecule has 0 bridgehead atoms. The average Bonchev–Trinajstić information content (AvgIpc) is 3.28. The summed E-state index contributed by atoms with van der Waals surface area (Å²) < 4.78 is 12.8. The van der Waals surface area contributed by atoms with Crippen LogP contribution in [0.4, 0.5) is 0 Å². The molecule has 0 radical (unpaired) electrons. The molecule has 0 saturated carbocycles. The number of nitrogens with zero attached hydrogens (tertiary/aromatic N) is 3. The largest absolute Gasteiger partial charge is 0.454 e. The monoisotopic (exact) mass is 347 g/mol. The lowest BCUT2D eigenvalue weighted by molar-refractivity contribution is 0.0972. The van der Waals surface area contributed by atoms with Crippen molar-refractivity contribution < 1.29 is 14.3 Å². The molecule has 0 fully saturated rings. The summed E-state index contributed by atoms with van der Waals surface area (Å²) >= 11 is 0. The molecule has 2 aromatic heterocycles. The summed E-state index contributed by atoms with van der Waals surface area (Å²) in [4.78, 5) is 16.7. The molecule has 0 saturated heterocycles. The van der Waals surface area contributed by atoms with E-state index in [4.69, 9.17) is 14.6 Å². The van der Waals surface area contributed by atoms with Crippen molar-refractivity contribution in [3.05, 3.63) is 59.5 Å². The number of fused-ring (bicyclic) bond motifs is 2. The number of ketones is 1. The molecular formula is C20H17N3O3. The Morgan fingerprint density at radius 1 is 1.04 bits per heavy atom. The molecule has 1 aliphatic carbocycles. The van der Waals surface area contributed by atoms with Gasteiger partial charge < -0.3 is 9.47 Å². The lowest BCUT2D eigenvalue weighted by Gasteiger charge is -2.13. The number of hydrogen-bond donors (Lipinski definition) is 0. The van der Waals surface area contributed by atoms with E-state index < -0.39 is 0 Å². The highest BCUT2D eigenvalue weighted by molar-refractivity contribution is 6.03. The zero-order valence-corrected chi connectivity index (χ0v) is 14.1. The van der Waals surface area contributed by atoms with E-state index in [1.165, 1.54) is 0 Å². The quantitative estimate of drug-likeness (QED) is 0.728. The van der Waals surface area contributed by atoms with E-state index in [0.29, 0.717) is 18.7 Å². The second kappa shape index (κ2) is 5.98. The van der Waals surface area contributed by atoms with E-state index in [2.05, 4.69) is 4.98 Å². The fourth-order valence-corrected chi connectivity index (χ4v) is 3.62. The van der Waals surface area contributed by atoms with Crippen LogP contribution in [0.15, 0.2) is 42.7 Å². The van der Waals surface area contributed by atoms with Crippen LogP contribution in [0.3, 0.4) is 0 Å². The van der Waals surface area contributed by atoms with Crippen molar-refractivity contribution in [2.24, 2.45) is 0 Å². The number of pyridine rings is 1. The predicted octanol–water partition coefficient (Wildman–Crippen LogP) is 3.24. The van der Waals surface area contributed by atoms with Gasteiger partial charge in [0.2, 0.25) is 6.79 Å². The Morgan fingerprint density at radius 3 is 2.77 bits per heavy atom. The van der Waals surface area contributed by atoms with Gasteiger partial charge in [0.25, 0.3) is 0 Å². The van der Waals surface area contributed by atoms with E-state index in [-0.39, 0.29) is 12.6 Å². The molecule has 5 rings (SSSR count). The third-order valence-corrected chi connectivity index (χ3v) is 4.88. The smallest absolute Gasteiger partial charge is 0.231 e. The summed E-state index contributed by atoms with van der Waals surface area (Å²) in [6.07, 6.45) is 5.86. The van der Waals surface area contributed by atoms with E-state index in [0.717, 1.165) is 46.7 Å². The summed E-state index contributed by atoms with van der Waals surface area (Å²) in [5, 5.41) is 4.81. The third-order valence-electron chi connectivity index (χ3n) is 4.88. The minimum Gasteiger partial charge on any atom is -0.454 e. The first-order valence-corrected chi connectivity index (χ1v) is 8.71. The van der Waals surface area contributed by atoms with Gasteiger partial charge in [-0.05, 0) is 48.7 Å². The van der Waals surface area contributed by atoms with Crippen molar-refractivity contribution in [2.45, 2.75) is 25.8 Å². The molecule has 1 aliphatic heterocycles. The van der Waals surface area contributed by atoms with E-state index >= 15 is 0 Å². The van der Waals surface area contributed by atoms with Crippen molar-refractivity contribution in [3.63, 3.8) is 0 Å².